The predicted molar refractivity (Wildman–Crippen MR) is 192 cm³/mol. The molecule has 2 aromatic heterocycles. The van der Waals surface area contributed by atoms with Crippen molar-refractivity contribution in [3.63, 3.8) is 0 Å². The first-order valence-electron chi connectivity index (χ1n) is 18.5. The Morgan fingerprint density at radius 3 is 2.55 bits per heavy atom. The van der Waals surface area contributed by atoms with E-state index in [1.807, 2.05) is 23.6 Å². The van der Waals surface area contributed by atoms with Crippen LogP contribution in [0.3, 0.4) is 0 Å². The number of rotatable bonds is 7. The Hall–Kier alpha value is -5.09. The van der Waals surface area contributed by atoms with Crippen molar-refractivity contribution in [3.8, 4) is 35.4 Å². The lowest BCUT2D eigenvalue weighted by molar-refractivity contribution is -0.197. The zero-order valence-corrected chi connectivity index (χ0v) is 29.6. The molecule has 1 amide bonds. The summed E-state index contributed by atoms with van der Waals surface area (Å²) in [6, 6.07) is 5.15. The number of halogens is 2. The number of phenols is 1. The average molecular weight is 723 g/mol. The van der Waals surface area contributed by atoms with E-state index in [0.717, 1.165) is 51.6 Å². The van der Waals surface area contributed by atoms with E-state index < -0.39 is 23.7 Å². The Morgan fingerprint density at radius 2 is 1.87 bits per heavy atom. The number of hydrogen-bond acceptors (Lipinski definition) is 10. The van der Waals surface area contributed by atoms with Crippen LogP contribution >= 0.6 is 0 Å². The van der Waals surface area contributed by atoms with Crippen molar-refractivity contribution in [2.75, 3.05) is 37.7 Å². The maximum atomic E-state index is 17.1. The van der Waals surface area contributed by atoms with Gasteiger partial charge < -0.3 is 24.4 Å². The Balaban J connectivity index is 1.12. The van der Waals surface area contributed by atoms with Gasteiger partial charge in [0, 0.05) is 42.3 Å². The smallest absolute Gasteiger partial charge is 0.319 e. The molecule has 7 heterocycles. The topological polar surface area (TPSA) is 121 Å². The van der Waals surface area contributed by atoms with Crippen molar-refractivity contribution in [1.82, 2.24) is 24.8 Å². The number of esters is 1. The third-order valence-electron chi connectivity index (χ3n) is 12.2. The zero-order valence-electron chi connectivity index (χ0n) is 29.6. The first kappa shape index (κ1) is 33.7. The van der Waals surface area contributed by atoms with Gasteiger partial charge >= 0.3 is 12.0 Å². The van der Waals surface area contributed by atoms with Crippen LogP contribution in [0, 0.1) is 35.8 Å². The van der Waals surface area contributed by atoms with Crippen molar-refractivity contribution in [3.05, 3.63) is 47.7 Å². The Labute approximate surface area is 305 Å². The predicted octanol–water partition coefficient (Wildman–Crippen LogP) is 5.19. The summed E-state index contributed by atoms with van der Waals surface area (Å²) in [5, 5.41) is 11.7. The van der Waals surface area contributed by atoms with E-state index in [2.05, 4.69) is 20.8 Å². The SMILES string of the molecule is C#Cc1c(F)ccc2cc(O)cc(-c3ncc4c(N5CC6CC[C@@H](C5)N6C(=O)[C@@H]5OC(=O)[C@@H]5C(C)C)nc(OCC56CCCN5CCC6)nc4c3F)c12. The highest BCUT2D eigenvalue weighted by atomic mass is 19.1. The van der Waals surface area contributed by atoms with Gasteiger partial charge in [-0.05, 0) is 81.1 Å². The molecule has 5 saturated heterocycles. The lowest BCUT2D eigenvalue weighted by Crippen LogP contribution is -2.63. The van der Waals surface area contributed by atoms with Crippen LogP contribution in [-0.4, -0.2) is 98.2 Å². The highest BCUT2D eigenvalue weighted by Gasteiger charge is 2.54. The van der Waals surface area contributed by atoms with E-state index in [-0.39, 0.29) is 74.9 Å². The largest absolute Gasteiger partial charge is 0.508 e. The number of hydrogen-bond donors (Lipinski definition) is 1. The van der Waals surface area contributed by atoms with E-state index in [4.69, 9.17) is 20.9 Å². The van der Waals surface area contributed by atoms with Gasteiger partial charge in [-0.2, -0.15) is 9.97 Å². The molecular weight excluding hydrogens is 682 g/mol. The minimum atomic E-state index is -0.792. The molecular formula is C40H40F2N6O5. The van der Waals surface area contributed by atoms with Crippen LogP contribution in [0.25, 0.3) is 32.9 Å². The average Bonchev–Trinajstić information content (AvgIpc) is 3.79. The number of phenolic OH excluding ortho intramolecular Hbond substituents is 1. The number of carbonyl (C=O) groups excluding carboxylic acids is 2. The Bertz CT molecular complexity index is 2220. The third-order valence-corrected chi connectivity index (χ3v) is 12.2. The van der Waals surface area contributed by atoms with Crippen LogP contribution in [0.4, 0.5) is 14.6 Å². The van der Waals surface area contributed by atoms with Crippen LogP contribution in [0.5, 0.6) is 11.8 Å². The number of fused-ring (bicyclic) bond motifs is 5. The number of pyridine rings is 1. The van der Waals surface area contributed by atoms with Gasteiger partial charge in [0.25, 0.3) is 5.91 Å². The maximum Gasteiger partial charge on any atom is 0.319 e. The minimum Gasteiger partial charge on any atom is -0.508 e. The molecule has 4 atom stereocenters. The van der Waals surface area contributed by atoms with Crippen molar-refractivity contribution in [2.24, 2.45) is 11.8 Å². The maximum absolute atomic E-state index is 17.1. The molecule has 2 aromatic carbocycles. The standard InChI is InChI=1S/C40H40F2N6O5/c1-4-26-29(41)10-7-22-15-25(49)16-27(31(22)26)33-32(42)34-28(17-43-33)36(45-39(44-34)52-20-40-11-5-13-47(40)14-6-12-40)46-18-23-8-9-24(19-46)48(23)37(50)35-30(21(2)3)38(51)53-35/h1,7,10,15-17,21,23-24,30,35,49H,5-6,8-9,11-14,18-20H2,2-3H3/t23-,24?,30+,35+/m0/s1. The summed E-state index contributed by atoms with van der Waals surface area (Å²) < 4.78 is 43.8. The lowest BCUT2D eigenvalue weighted by atomic mass is 9.85. The molecule has 5 aliphatic rings. The fourth-order valence-corrected chi connectivity index (χ4v) is 9.66. The Morgan fingerprint density at radius 1 is 1.13 bits per heavy atom. The van der Waals surface area contributed by atoms with Crippen molar-refractivity contribution in [2.45, 2.75) is 76.1 Å². The monoisotopic (exact) mass is 722 g/mol. The molecule has 11 nitrogen and oxygen atoms in total. The minimum absolute atomic E-state index is 0.0163. The van der Waals surface area contributed by atoms with E-state index in [9.17, 15) is 19.1 Å². The molecule has 9 rings (SSSR count). The number of anilines is 1. The zero-order chi connectivity index (χ0) is 36.8. The molecule has 5 aliphatic heterocycles. The number of terminal acetylenes is 1. The normalized spacial score (nSPS) is 24.8. The lowest BCUT2D eigenvalue weighted by Gasteiger charge is -2.45. The number of aromatic nitrogens is 3. The summed E-state index contributed by atoms with van der Waals surface area (Å²) in [6.07, 6.45) is 12.1. The van der Waals surface area contributed by atoms with Crippen LogP contribution in [0.2, 0.25) is 0 Å². The molecule has 0 saturated carbocycles. The summed E-state index contributed by atoms with van der Waals surface area (Å²) in [4.78, 5) is 46.4. The fraction of sp³-hybridized carbons (Fsp3) is 0.475. The van der Waals surface area contributed by atoms with Gasteiger partial charge in [0.15, 0.2) is 11.9 Å². The van der Waals surface area contributed by atoms with Crippen LogP contribution in [0.15, 0.2) is 30.5 Å². The molecule has 53 heavy (non-hydrogen) atoms. The number of aromatic hydroxyl groups is 1. The molecule has 1 N–H and O–H groups in total. The van der Waals surface area contributed by atoms with Gasteiger partial charge in [-0.1, -0.05) is 25.8 Å². The second-order valence-electron chi connectivity index (χ2n) is 15.5. The fourth-order valence-electron chi connectivity index (χ4n) is 9.66. The molecule has 4 aromatic rings. The van der Waals surface area contributed by atoms with Crippen molar-refractivity contribution < 1.29 is 33.0 Å². The van der Waals surface area contributed by atoms with Gasteiger partial charge in [0.05, 0.1) is 16.5 Å². The highest BCUT2D eigenvalue weighted by molar-refractivity contribution is 6.03. The highest BCUT2D eigenvalue weighted by Crippen LogP contribution is 2.43. The summed E-state index contributed by atoms with van der Waals surface area (Å²) in [6.45, 7) is 7.07. The molecule has 13 heteroatoms. The number of piperazine rings is 1. The number of cyclic esters (lactones) is 1. The van der Waals surface area contributed by atoms with Gasteiger partial charge in [0.1, 0.15) is 41.1 Å². The van der Waals surface area contributed by atoms with Crippen LogP contribution < -0.4 is 9.64 Å². The van der Waals surface area contributed by atoms with Crippen molar-refractivity contribution in [1.29, 1.82) is 0 Å². The summed E-state index contributed by atoms with van der Waals surface area (Å²) in [5.41, 5.74) is -0.243. The van der Waals surface area contributed by atoms with E-state index in [0.29, 0.717) is 36.3 Å². The summed E-state index contributed by atoms with van der Waals surface area (Å²) >= 11 is 0. The first-order chi connectivity index (χ1) is 25.6. The molecule has 274 valence electrons. The number of ether oxygens (including phenoxy) is 2. The third kappa shape index (κ3) is 5.28. The van der Waals surface area contributed by atoms with E-state index >= 15 is 4.39 Å². The second-order valence-corrected chi connectivity index (χ2v) is 15.5. The van der Waals surface area contributed by atoms with E-state index in [1.54, 1.807) is 0 Å². The number of nitrogens with zero attached hydrogens (tertiary/aromatic N) is 6. The number of benzene rings is 2. The molecule has 1 unspecified atom stereocenters. The molecule has 0 aliphatic carbocycles. The first-order valence-corrected chi connectivity index (χ1v) is 18.5. The van der Waals surface area contributed by atoms with Gasteiger partial charge in [-0.15, -0.1) is 6.42 Å². The second kappa shape index (κ2) is 12.5. The quantitative estimate of drug-likeness (QED) is 0.202. The molecule has 5 fully saturated rings. The number of carbonyl (C=O) groups is 2. The van der Waals surface area contributed by atoms with Gasteiger partial charge in [0.2, 0.25) is 0 Å². The van der Waals surface area contributed by atoms with E-state index in [1.165, 1.54) is 30.5 Å². The van der Waals surface area contributed by atoms with Gasteiger partial charge in [-0.25, -0.2) is 8.78 Å². The van der Waals surface area contributed by atoms with Crippen molar-refractivity contribution >= 4 is 39.4 Å². The number of amides is 1. The van der Waals surface area contributed by atoms with Gasteiger partial charge in [-0.3, -0.25) is 19.5 Å². The Kier molecular flexibility index (Phi) is 7.96. The molecule has 2 bridgehead atoms. The van der Waals surface area contributed by atoms with Crippen LogP contribution in [0.1, 0.15) is 57.9 Å². The molecule has 0 spiro atoms. The van der Waals surface area contributed by atoms with Crippen LogP contribution in [-0.2, 0) is 14.3 Å². The summed E-state index contributed by atoms with van der Waals surface area (Å²) in [7, 11) is 0. The molecule has 0 radical (unpaired) electrons. The summed E-state index contributed by atoms with van der Waals surface area (Å²) in [5.74, 6) is 0.239.